The normalized spacial score (nSPS) is 16.4. The average Bonchev–Trinajstić information content (AvgIpc) is 2.78. The van der Waals surface area contributed by atoms with Crippen molar-refractivity contribution in [3.63, 3.8) is 0 Å². The van der Waals surface area contributed by atoms with Gasteiger partial charge < -0.3 is 15.5 Å². The third-order valence-corrected chi connectivity index (χ3v) is 5.29. The van der Waals surface area contributed by atoms with Gasteiger partial charge in [0.15, 0.2) is 0 Å². The molecule has 3 rings (SSSR count). The lowest BCUT2D eigenvalue weighted by Crippen LogP contribution is -2.43. The zero-order valence-electron chi connectivity index (χ0n) is 17.5. The fraction of sp³-hybridized carbons (Fsp3) is 0.348. The molecule has 0 spiro atoms. The van der Waals surface area contributed by atoms with E-state index in [0.29, 0.717) is 31.6 Å². The van der Waals surface area contributed by atoms with Crippen molar-refractivity contribution in [3.05, 3.63) is 59.7 Å². The minimum absolute atomic E-state index is 0.00996. The summed E-state index contributed by atoms with van der Waals surface area (Å²) in [5.74, 6) is -1.18. The Labute approximate surface area is 183 Å². The van der Waals surface area contributed by atoms with Crippen molar-refractivity contribution < 1.29 is 27.6 Å². The molecular weight excluding hydrogens is 423 g/mol. The summed E-state index contributed by atoms with van der Waals surface area (Å²) in [6, 6.07) is 10.5. The van der Waals surface area contributed by atoms with Crippen molar-refractivity contribution in [2.24, 2.45) is 5.92 Å². The van der Waals surface area contributed by atoms with E-state index in [4.69, 9.17) is 0 Å². The van der Waals surface area contributed by atoms with Gasteiger partial charge in [-0.25, -0.2) is 0 Å². The fourth-order valence-electron chi connectivity index (χ4n) is 3.60. The summed E-state index contributed by atoms with van der Waals surface area (Å²) in [5.41, 5.74) is -0.265. The first-order chi connectivity index (χ1) is 15.2. The van der Waals surface area contributed by atoms with Gasteiger partial charge in [-0.15, -0.1) is 0 Å². The number of halogens is 3. The average molecular weight is 447 g/mol. The number of alkyl halides is 3. The first-order valence-corrected chi connectivity index (χ1v) is 10.3. The molecule has 1 aliphatic heterocycles. The predicted octanol–water partition coefficient (Wildman–Crippen LogP) is 4.54. The van der Waals surface area contributed by atoms with Gasteiger partial charge in [0, 0.05) is 36.4 Å². The van der Waals surface area contributed by atoms with Crippen LogP contribution in [0.25, 0.3) is 0 Å². The Morgan fingerprint density at radius 2 is 1.72 bits per heavy atom. The third-order valence-electron chi connectivity index (χ3n) is 5.29. The number of carbonyl (C=O) groups is 3. The first kappa shape index (κ1) is 23.3. The molecule has 1 heterocycles. The van der Waals surface area contributed by atoms with Gasteiger partial charge in [0.2, 0.25) is 11.8 Å². The Balaban J connectivity index is 1.65. The number of piperidine rings is 1. The zero-order chi connectivity index (χ0) is 23.3. The zero-order valence-corrected chi connectivity index (χ0v) is 17.5. The lowest BCUT2D eigenvalue weighted by molar-refractivity contribution is -0.137. The van der Waals surface area contributed by atoms with Gasteiger partial charge in [0.25, 0.3) is 5.91 Å². The van der Waals surface area contributed by atoms with Gasteiger partial charge in [-0.05, 0) is 49.2 Å². The summed E-state index contributed by atoms with van der Waals surface area (Å²) >= 11 is 0. The third kappa shape index (κ3) is 5.87. The summed E-state index contributed by atoms with van der Waals surface area (Å²) in [6.45, 7) is 2.78. The maximum atomic E-state index is 12.9. The second-order valence-electron chi connectivity index (χ2n) is 7.64. The maximum absolute atomic E-state index is 12.9. The number of amides is 3. The molecule has 170 valence electrons. The van der Waals surface area contributed by atoms with Gasteiger partial charge in [0.05, 0.1) is 11.5 Å². The number of rotatable bonds is 5. The highest BCUT2D eigenvalue weighted by Gasteiger charge is 2.30. The highest BCUT2D eigenvalue weighted by atomic mass is 19.4. The van der Waals surface area contributed by atoms with Crippen molar-refractivity contribution in [2.45, 2.75) is 32.4 Å². The number of nitrogens with zero attached hydrogens (tertiary/aromatic N) is 1. The lowest BCUT2D eigenvalue weighted by Gasteiger charge is -2.31. The number of hydrogen-bond acceptors (Lipinski definition) is 3. The SMILES string of the molecule is CCC(=O)N1CCCC(C(=O)Nc2cccc(C(=O)Nc3cccc(C(F)(F)F)c3)c2)C1. The monoisotopic (exact) mass is 447 g/mol. The molecule has 2 aromatic carbocycles. The number of carbonyl (C=O) groups excluding carboxylic acids is 3. The summed E-state index contributed by atoms with van der Waals surface area (Å²) in [6.07, 6.45) is -2.73. The van der Waals surface area contributed by atoms with Crippen LogP contribution in [0, 0.1) is 5.92 Å². The van der Waals surface area contributed by atoms with E-state index in [0.717, 1.165) is 18.6 Å². The molecule has 0 aromatic heterocycles. The number of likely N-dealkylation sites (tertiary alicyclic amines) is 1. The van der Waals surface area contributed by atoms with Crippen LogP contribution in [0.3, 0.4) is 0 Å². The van der Waals surface area contributed by atoms with E-state index >= 15 is 0 Å². The Morgan fingerprint density at radius 3 is 2.41 bits per heavy atom. The van der Waals surface area contributed by atoms with Crippen molar-refractivity contribution in [2.75, 3.05) is 23.7 Å². The Hall–Kier alpha value is -3.36. The molecule has 0 saturated carbocycles. The Kier molecular flexibility index (Phi) is 7.17. The molecule has 1 unspecified atom stereocenters. The van der Waals surface area contributed by atoms with Crippen LogP contribution in [0.15, 0.2) is 48.5 Å². The van der Waals surface area contributed by atoms with Crippen molar-refractivity contribution in [1.29, 1.82) is 0 Å². The molecule has 2 aromatic rings. The van der Waals surface area contributed by atoms with Crippen LogP contribution in [-0.2, 0) is 15.8 Å². The molecule has 1 atom stereocenters. The van der Waals surface area contributed by atoms with Crippen molar-refractivity contribution in [1.82, 2.24) is 4.90 Å². The summed E-state index contributed by atoms with van der Waals surface area (Å²) < 4.78 is 38.6. The van der Waals surface area contributed by atoms with E-state index in [9.17, 15) is 27.6 Å². The topological polar surface area (TPSA) is 78.5 Å². The van der Waals surface area contributed by atoms with Crippen molar-refractivity contribution in [3.8, 4) is 0 Å². The van der Waals surface area contributed by atoms with Crippen LogP contribution in [-0.4, -0.2) is 35.7 Å². The molecule has 2 N–H and O–H groups in total. The van der Waals surface area contributed by atoms with Crippen LogP contribution in [0.1, 0.15) is 42.1 Å². The van der Waals surface area contributed by atoms with Crippen LogP contribution < -0.4 is 10.6 Å². The molecule has 0 radical (unpaired) electrons. The smallest absolute Gasteiger partial charge is 0.342 e. The van der Waals surface area contributed by atoms with Crippen LogP contribution >= 0.6 is 0 Å². The van der Waals surface area contributed by atoms with Gasteiger partial charge in [0.1, 0.15) is 0 Å². The Morgan fingerprint density at radius 1 is 1.03 bits per heavy atom. The van der Waals surface area contributed by atoms with Gasteiger partial charge in [-0.1, -0.05) is 19.1 Å². The molecular formula is C23H24F3N3O3. The lowest BCUT2D eigenvalue weighted by atomic mass is 9.96. The molecule has 32 heavy (non-hydrogen) atoms. The second kappa shape index (κ2) is 9.84. The minimum atomic E-state index is -4.51. The van der Waals surface area contributed by atoms with Crippen LogP contribution in [0.5, 0.6) is 0 Å². The number of anilines is 2. The van der Waals surface area contributed by atoms with E-state index in [-0.39, 0.29) is 29.0 Å². The summed E-state index contributed by atoms with van der Waals surface area (Å²) in [5, 5.41) is 5.22. The van der Waals surface area contributed by atoms with E-state index in [1.54, 1.807) is 24.0 Å². The minimum Gasteiger partial charge on any atom is -0.342 e. The van der Waals surface area contributed by atoms with E-state index < -0.39 is 17.6 Å². The van der Waals surface area contributed by atoms with Crippen LogP contribution in [0.4, 0.5) is 24.5 Å². The quantitative estimate of drug-likeness (QED) is 0.706. The van der Waals surface area contributed by atoms with Crippen molar-refractivity contribution >= 4 is 29.1 Å². The summed E-state index contributed by atoms with van der Waals surface area (Å²) in [4.78, 5) is 38.8. The maximum Gasteiger partial charge on any atom is 0.416 e. The highest BCUT2D eigenvalue weighted by Crippen LogP contribution is 2.30. The first-order valence-electron chi connectivity index (χ1n) is 10.3. The second-order valence-corrected chi connectivity index (χ2v) is 7.64. The molecule has 0 bridgehead atoms. The largest absolute Gasteiger partial charge is 0.416 e. The molecule has 1 aliphatic rings. The van der Waals surface area contributed by atoms with Gasteiger partial charge >= 0.3 is 6.18 Å². The molecule has 9 heteroatoms. The fourth-order valence-corrected chi connectivity index (χ4v) is 3.60. The Bertz CT molecular complexity index is 1010. The van der Waals surface area contributed by atoms with E-state index in [1.165, 1.54) is 24.3 Å². The number of hydrogen-bond donors (Lipinski definition) is 2. The standard InChI is InChI=1S/C23H24F3N3O3/c1-2-20(30)29-11-5-7-16(14-29)22(32)27-18-9-3-6-15(12-18)21(31)28-19-10-4-8-17(13-19)23(24,25)26/h3-4,6,8-10,12-13,16H,2,5,7,11,14H2,1H3,(H,27,32)(H,28,31). The summed E-state index contributed by atoms with van der Waals surface area (Å²) in [7, 11) is 0. The van der Waals surface area contributed by atoms with Crippen LogP contribution in [0.2, 0.25) is 0 Å². The van der Waals surface area contributed by atoms with Gasteiger partial charge in [-0.3, -0.25) is 14.4 Å². The number of nitrogens with one attached hydrogen (secondary N) is 2. The number of benzene rings is 2. The predicted molar refractivity (Wildman–Crippen MR) is 114 cm³/mol. The van der Waals surface area contributed by atoms with Gasteiger partial charge in [-0.2, -0.15) is 13.2 Å². The molecule has 0 aliphatic carbocycles. The molecule has 6 nitrogen and oxygen atoms in total. The van der Waals surface area contributed by atoms with E-state index in [1.807, 2.05) is 0 Å². The van der Waals surface area contributed by atoms with E-state index in [2.05, 4.69) is 10.6 Å². The molecule has 1 saturated heterocycles. The molecule has 1 fully saturated rings. The highest BCUT2D eigenvalue weighted by molar-refractivity contribution is 6.05. The molecule has 3 amide bonds.